The highest BCUT2D eigenvalue weighted by atomic mass is 79.9. The monoisotopic (exact) mass is 312 g/mol. The van der Waals surface area contributed by atoms with Crippen LogP contribution in [-0.2, 0) is 12.8 Å². The minimum absolute atomic E-state index is 1.07. The molecule has 0 spiro atoms. The summed E-state index contributed by atoms with van der Waals surface area (Å²) in [6.45, 7) is 4.49. The zero-order valence-electron chi connectivity index (χ0n) is 11.3. The van der Waals surface area contributed by atoms with Crippen LogP contribution in [0.15, 0.2) is 46.9 Å². The molecule has 3 rings (SSSR count). The van der Waals surface area contributed by atoms with E-state index in [2.05, 4.69) is 72.2 Å². The van der Waals surface area contributed by atoms with Crippen molar-refractivity contribution in [3.63, 3.8) is 0 Å². The maximum Gasteiger partial charge on any atom is 0.0181 e. The van der Waals surface area contributed by atoms with Crippen LogP contribution in [0.4, 0.5) is 0 Å². The Kier molecular flexibility index (Phi) is 3.32. The number of rotatable bonds is 2. The summed E-state index contributed by atoms with van der Waals surface area (Å²) in [5, 5.41) is 5.62. The van der Waals surface area contributed by atoms with Gasteiger partial charge in [-0.05, 0) is 57.6 Å². The molecule has 0 aromatic heterocycles. The molecule has 3 aromatic carbocycles. The van der Waals surface area contributed by atoms with Gasteiger partial charge in [0.2, 0.25) is 0 Å². The minimum Gasteiger partial charge on any atom is -0.0616 e. The molecule has 0 aliphatic rings. The molecule has 3 aromatic rings. The molecule has 0 fully saturated rings. The van der Waals surface area contributed by atoms with Crippen molar-refractivity contribution < 1.29 is 0 Å². The molecule has 0 aliphatic heterocycles. The Balaban J connectivity index is 2.60. The van der Waals surface area contributed by atoms with E-state index in [9.17, 15) is 0 Å². The Labute approximate surface area is 122 Å². The van der Waals surface area contributed by atoms with Crippen molar-refractivity contribution in [2.24, 2.45) is 0 Å². The fourth-order valence-corrected chi connectivity index (χ4v) is 3.45. The zero-order valence-corrected chi connectivity index (χ0v) is 12.9. The average Bonchev–Trinajstić information content (AvgIpc) is 2.44. The topological polar surface area (TPSA) is 0 Å². The highest BCUT2D eigenvalue weighted by molar-refractivity contribution is 9.10. The standard InChI is InChI=1S/C18H17Br/c1-3-13-15-7-5-6-8-16(15)14(4-2)18-11-12(19)9-10-17(13)18/h5-11H,3-4H2,1-2H3. The normalized spacial score (nSPS) is 11.3. The van der Waals surface area contributed by atoms with Gasteiger partial charge in [-0.15, -0.1) is 0 Å². The van der Waals surface area contributed by atoms with E-state index >= 15 is 0 Å². The Morgan fingerprint density at radius 3 is 1.84 bits per heavy atom. The molecule has 1 heteroatoms. The van der Waals surface area contributed by atoms with Gasteiger partial charge >= 0.3 is 0 Å². The molecule has 0 atom stereocenters. The first-order valence-corrected chi connectivity index (χ1v) is 7.67. The number of fused-ring (bicyclic) bond motifs is 2. The third-order valence-electron chi connectivity index (χ3n) is 3.92. The van der Waals surface area contributed by atoms with Crippen LogP contribution in [0.2, 0.25) is 0 Å². The second-order valence-corrected chi connectivity index (χ2v) is 5.82. The van der Waals surface area contributed by atoms with Gasteiger partial charge in [0.05, 0.1) is 0 Å². The fourth-order valence-electron chi connectivity index (χ4n) is 3.09. The van der Waals surface area contributed by atoms with Crippen molar-refractivity contribution in [3.8, 4) is 0 Å². The summed E-state index contributed by atoms with van der Waals surface area (Å²) in [5.41, 5.74) is 2.93. The molecule has 19 heavy (non-hydrogen) atoms. The zero-order chi connectivity index (χ0) is 13.4. The maximum absolute atomic E-state index is 3.61. The lowest BCUT2D eigenvalue weighted by atomic mass is 9.90. The van der Waals surface area contributed by atoms with E-state index in [-0.39, 0.29) is 0 Å². The number of aryl methyl sites for hydroxylation is 2. The molecule has 0 saturated carbocycles. The molecule has 0 heterocycles. The molecule has 96 valence electrons. The summed E-state index contributed by atoms with van der Waals surface area (Å²) in [5.74, 6) is 0. The quantitative estimate of drug-likeness (QED) is 0.518. The number of benzene rings is 3. The van der Waals surface area contributed by atoms with Gasteiger partial charge in [0, 0.05) is 4.47 Å². The van der Waals surface area contributed by atoms with Gasteiger partial charge in [-0.1, -0.05) is 60.1 Å². The van der Waals surface area contributed by atoms with Gasteiger partial charge in [-0.2, -0.15) is 0 Å². The van der Waals surface area contributed by atoms with Crippen molar-refractivity contribution in [2.75, 3.05) is 0 Å². The van der Waals surface area contributed by atoms with Crippen molar-refractivity contribution in [2.45, 2.75) is 26.7 Å². The lowest BCUT2D eigenvalue weighted by Gasteiger charge is -2.15. The smallest absolute Gasteiger partial charge is 0.0181 e. The van der Waals surface area contributed by atoms with E-state index in [1.165, 1.54) is 32.7 Å². The lowest BCUT2D eigenvalue weighted by molar-refractivity contribution is 1.15. The van der Waals surface area contributed by atoms with Crippen molar-refractivity contribution in [1.82, 2.24) is 0 Å². The van der Waals surface area contributed by atoms with Gasteiger partial charge in [-0.25, -0.2) is 0 Å². The first-order chi connectivity index (χ1) is 9.26. The van der Waals surface area contributed by atoms with Crippen LogP contribution in [0.25, 0.3) is 21.5 Å². The van der Waals surface area contributed by atoms with Gasteiger partial charge in [0.15, 0.2) is 0 Å². The minimum atomic E-state index is 1.07. The summed E-state index contributed by atoms with van der Waals surface area (Å²) in [6.07, 6.45) is 2.14. The van der Waals surface area contributed by atoms with Crippen LogP contribution >= 0.6 is 15.9 Å². The Hall–Kier alpha value is -1.34. The number of hydrogen-bond acceptors (Lipinski definition) is 0. The Morgan fingerprint density at radius 2 is 1.26 bits per heavy atom. The average molecular weight is 313 g/mol. The van der Waals surface area contributed by atoms with E-state index in [1.807, 2.05) is 0 Å². The molecular weight excluding hydrogens is 296 g/mol. The molecule has 0 saturated heterocycles. The number of halogens is 1. The maximum atomic E-state index is 3.61. The lowest BCUT2D eigenvalue weighted by Crippen LogP contribution is -1.94. The van der Waals surface area contributed by atoms with Crippen molar-refractivity contribution >= 4 is 37.5 Å². The molecule has 0 radical (unpaired) electrons. The van der Waals surface area contributed by atoms with Gasteiger partial charge in [-0.3, -0.25) is 0 Å². The third-order valence-corrected chi connectivity index (χ3v) is 4.41. The highest BCUT2D eigenvalue weighted by Gasteiger charge is 2.11. The molecular formula is C18H17Br. The van der Waals surface area contributed by atoms with Crippen LogP contribution in [0.3, 0.4) is 0 Å². The van der Waals surface area contributed by atoms with E-state index in [0.717, 1.165) is 17.3 Å². The van der Waals surface area contributed by atoms with E-state index in [0.29, 0.717) is 0 Å². The van der Waals surface area contributed by atoms with Crippen molar-refractivity contribution in [3.05, 3.63) is 58.1 Å². The summed E-state index contributed by atoms with van der Waals surface area (Å²) in [4.78, 5) is 0. The van der Waals surface area contributed by atoms with Crippen LogP contribution < -0.4 is 0 Å². The summed E-state index contributed by atoms with van der Waals surface area (Å²) < 4.78 is 1.16. The number of hydrogen-bond donors (Lipinski definition) is 0. The molecule has 0 N–H and O–H groups in total. The molecule has 0 aliphatic carbocycles. The molecule has 0 unspecified atom stereocenters. The summed E-state index contributed by atoms with van der Waals surface area (Å²) >= 11 is 3.61. The SMILES string of the molecule is CCc1c2ccccc2c(CC)c2cc(Br)ccc12. The molecule has 0 amide bonds. The van der Waals surface area contributed by atoms with Crippen LogP contribution in [0.5, 0.6) is 0 Å². The first-order valence-electron chi connectivity index (χ1n) is 6.88. The van der Waals surface area contributed by atoms with E-state index in [4.69, 9.17) is 0 Å². The fraction of sp³-hybridized carbons (Fsp3) is 0.222. The predicted molar refractivity (Wildman–Crippen MR) is 87.9 cm³/mol. The van der Waals surface area contributed by atoms with Crippen LogP contribution in [0, 0.1) is 0 Å². The Bertz CT molecular complexity index is 756. The molecule has 0 bridgehead atoms. The molecule has 0 nitrogen and oxygen atoms in total. The summed E-state index contributed by atoms with van der Waals surface area (Å²) in [7, 11) is 0. The second kappa shape index (κ2) is 4.97. The van der Waals surface area contributed by atoms with Gasteiger partial charge in [0.1, 0.15) is 0 Å². The van der Waals surface area contributed by atoms with E-state index < -0.39 is 0 Å². The summed E-state index contributed by atoms with van der Waals surface area (Å²) in [6, 6.07) is 15.5. The van der Waals surface area contributed by atoms with Gasteiger partial charge < -0.3 is 0 Å². The van der Waals surface area contributed by atoms with Gasteiger partial charge in [0.25, 0.3) is 0 Å². The van der Waals surface area contributed by atoms with Crippen LogP contribution in [-0.4, -0.2) is 0 Å². The third kappa shape index (κ3) is 1.97. The van der Waals surface area contributed by atoms with E-state index in [1.54, 1.807) is 0 Å². The predicted octanol–water partition coefficient (Wildman–Crippen LogP) is 5.88. The Morgan fingerprint density at radius 1 is 0.737 bits per heavy atom. The van der Waals surface area contributed by atoms with Crippen LogP contribution in [0.1, 0.15) is 25.0 Å². The highest BCUT2D eigenvalue weighted by Crippen LogP contribution is 2.34. The first kappa shape index (κ1) is 12.7. The largest absolute Gasteiger partial charge is 0.0616 e. The second-order valence-electron chi connectivity index (χ2n) is 4.90. The van der Waals surface area contributed by atoms with Crippen molar-refractivity contribution in [1.29, 1.82) is 0 Å².